The highest BCUT2D eigenvalue weighted by molar-refractivity contribution is 5.94. The smallest absolute Gasteiger partial charge is 0.407 e. The fourth-order valence-corrected chi connectivity index (χ4v) is 3.87. The second kappa shape index (κ2) is 13.1. The van der Waals surface area contributed by atoms with E-state index in [9.17, 15) is 9.59 Å². The maximum absolute atomic E-state index is 12.5. The SMILES string of the molecule is CCCn1cc(-c2nc(Nc3ccc(C(=O)NCCOCCNC(=O)OC(C)(C)C)cc3)nc3[nH]ccc23)cn1. The number of aromatic amines is 1. The van der Waals surface area contributed by atoms with E-state index in [0.29, 0.717) is 37.8 Å². The van der Waals surface area contributed by atoms with Crippen LogP contribution in [-0.2, 0) is 16.0 Å². The first-order chi connectivity index (χ1) is 19.2. The van der Waals surface area contributed by atoms with Crippen LogP contribution in [0.3, 0.4) is 0 Å². The molecule has 4 aromatic rings. The van der Waals surface area contributed by atoms with Gasteiger partial charge in [-0.1, -0.05) is 6.92 Å². The number of nitrogens with zero attached hydrogens (tertiary/aromatic N) is 4. The summed E-state index contributed by atoms with van der Waals surface area (Å²) in [5, 5.41) is 14.0. The molecule has 0 saturated carbocycles. The van der Waals surface area contributed by atoms with Crippen LogP contribution >= 0.6 is 0 Å². The van der Waals surface area contributed by atoms with E-state index in [1.54, 1.807) is 45.0 Å². The van der Waals surface area contributed by atoms with E-state index in [0.717, 1.165) is 40.9 Å². The molecular formula is C28H36N8O4. The van der Waals surface area contributed by atoms with E-state index in [1.807, 2.05) is 29.3 Å². The van der Waals surface area contributed by atoms with Crippen molar-refractivity contribution < 1.29 is 19.1 Å². The lowest BCUT2D eigenvalue weighted by molar-refractivity contribution is 0.0500. The molecule has 2 amide bonds. The molecule has 3 aromatic heterocycles. The Balaban J connectivity index is 1.26. The van der Waals surface area contributed by atoms with Crippen molar-refractivity contribution in [1.82, 2.24) is 35.4 Å². The van der Waals surface area contributed by atoms with Crippen molar-refractivity contribution in [3.8, 4) is 11.3 Å². The fraction of sp³-hybridized carbons (Fsp3) is 0.393. The lowest BCUT2D eigenvalue weighted by Crippen LogP contribution is -2.34. The number of aromatic nitrogens is 5. The van der Waals surface area contributed by atoms with E-state index in [2.05, 4.69) is 37.9 Å². The van der Waals surface area contributed by atoms with Gasteiger partial charge in [-0.15, -0.1) is 0 Å². The molecule has 1 aromatic carbocycles. The number of carbonyl (C=O) groups excluding carboxylic acids is 2. The number of hydrogen-bond donors (Lipinski definition) is 4. The van der Waals surface area contributed by atoms with Crippen molar-refractivity contribution in [2.45, 2.75) is 46.3 Å². The lowest BCUT2D eigenvalue weighted by Gasteiger charge is -2.19. The first-order valence-corrected chi connectivity index (χ1v) is 13.3. The highest BCUT2D eigenvalue weighted by atomic mass is 16.6. The second-order valence-corrected chi connectivity index (χ2v) is 10.1. The van der Waals surface area contributed by atoms with Gasteiger partial charge in [-0.2, -0.15) is 10.1 Å². The Morgan fingerprint density at radius 3 is 2.50 bits per heavy atom. The topological polar surface area (TPSA) is 148 Å². The largest absolute Gasteiger partial charge is 0.444 e. The average molecular weight is 549 g/mol. The standard InChI is InChI=1S/C28H36N8O4/c1-5-14-36-18-20(17-32-36)23-22-10-11-29-24(22)35-26(34-23)33-21-8-6-19(7-9-21)25(37)30-12-15-39-16-13-31-27(38)40-28(2,3)4/h6-11,17-18H,5,12-16H2,1-4H3,(H,30,37)(H,31,38)(H2,29,33,34,35). The maximum atomic E-state index is 12.5. The van der Waals surface area contributed by atoms with Gasteiger partial charge < -0.3 is 30.4 Å². The molecule has 0 spiro atoms. The Kier molecular flexibility index (Phi) is 9.33. The van der Waals surface area contributed by atoms with Crippen LogP contribution in [0.1, 0.15) is 44.5 Å². The molecule has 4 rings (SSSR count). The Morgan fingerprint density at radius 1 is 1.02 bits per heavy atom. The minimum absolute atomic E-state index is 0.211. The molecule has 12 heteroatoms. The van der Waals surface area contributed by atoms with E-state index in [4.69, 9.17) is 14.5 Å². The highest BCUT2D eigenvalue weighted by Crippen LogP contribution is 2.27. The van der Waals surface area contributed by atoms with Gasteiger partial charge in [-0.3, -0.25) is 9.48 Å². The maximum Gasteiger partial charge on any atom is 0.407 e. The summed E-state index contributed by atoms with van der Waals surface area (Å²) in [6.07, 6.45) is 6.14. The number of benzene rings is 1. The molecule has 3 heterocycles. The monoisotopic (exact) mass is 548 g/mol. The van der Waals surface area contributed by atoms with Gasteiger partial charge in [0.25, 0.3) is 5.91 Å². The number of hydrogen-bond acceptors (Lipinski definition) is 8. The summed E-state index contributed by atoms with van der Waals surface area (Å²) in [5.41, 5.74) is 3.14. The number of amides is 2. The zero-order valence-electron chi connectivity index (χ0n) is 23.3. The van der Waals surface area contributed by atoms with Gasteiger partial charge in [0.05, 0.1) is 25.1 Å². The minimum atomic E-state index is -0.545. The van der Waals surface area contributed by atoms with Crippen LogP contribution in [0.25, 0.3) is 22.3 Å². The molecule has 0 aliphatic carbocycles. The molecule has 4 N–H and O–H groups in total. The second-order valence-electron chi connectivity index (χ2n) is 10.1. The van der Waals surface area contributed by atoms with Gasteiger partial charge in [-0.25, -0.2) is 9.78 Å². The summed E-state index contributed by atoms with van der Waals surface area (Å²) in [4.78, 5) is 36.6. The normalized spacial score (nSPS) is 11.4. The van der Waals surface area contributed by atoms with Gasteiger partial charge in [0.15, 0.2) is 0 Å². The number of nitrogens with one attached hydrogen (secondary N) is 4. The van der Waals surface area contributed by atoms with Crippen molar-refractivity contribution >= 4 is 34.7 Å². The summed E-state index contributed by atoms with van der Waals surface area (Å²) in [6.45, 7) is 9.65. The first kappa shape index (κ1) is 28.6. The molecule has 212 valence electrons. The number of fused-ring (bicyclic) bond motifs is 1. The summed E-state index contributed by atoms with van der Waals surface area (Å²) in [6, 6.07) is 9.01. The van der Waals surface area contributed by atoms with E-state index in [1.165, 1.54) is 0 Å². The number of alkyl carbamates (subject to hydrolysis) is 1. The molecule has 0 aliphatic heterocycles. The Bertz CT molecular complexity index is 1420. The van der Waals surface area contributed by atoms with Crippen LogP contribution in [0.4, 0.5) is 16.4 Å². The number of rotatable bonds is 12. The predicted molar refractivity (Wildman–Crippen MR) is 153 cm³/mol. The quantitative estimate of drug-likeness (QED) is 0.192. The number of H-pyrrole nitrogens is 1. The van der Waals surface area contributed by atoms with Crippen molar-refractivity contribution in [3.05, 3.63) is 54.5 Å². The van der Waals surface area contributed by atoms with Crippen molar-refractivity contribution in [2.24, 2.45) is 0 Å². The van der Waals surface area contributed by atoms with Crippen molar-refractivity contribution in [3.63, 3.8) is 0 Å². The van der Waals surface area contributed by atoms with Gasteiger partial charge in [0.2, 0.25) is 5.95 Å². The fourth-order valence-electron chi connectivity index (χ4n) is 3.87. The van der Waals surface area contributed by atoms with Gasteiger partial charge in [-0.05, 0) is 57.5 Å². The van der Waals surface area contributed by atoms with Crippen molar-refractivity contribution in [2.75, 3.05) is 31.6 Å². The number of carbonyl (C=O) groups is 2. The molecule has 12 nitrogen and oxygen atoms in total. The molecule has 0 saturated heterocycles. The third-order valence-electron chi connectivity index (χ3n) is 5.62. The Morgan fingerprint density at radius 2 is 1.77 bits per heavy atom. The van der Waals surface area contributed by atoms with E-state index in [-0.39, 0.29) is 5.91 Å². The van der Waals surface area contributed by atoms with Crippen LogP contribution in [-0.4, -0.2) is 68.6 Å². The minimum Gasteiger partial charge on any atom is -0.444 e. The van der Waals surface area contributed by atoms with Crippen LogP contribution < -0.4 is 16.0 Å². The van der Waals surface area contributed by atoms with Crippen LogP contribution in [0.5, 0.6) is 0 Å². The predicted octanol–water partition coefficient (Wildman–Crippen LogP) is 4.25. The Hall–Kier alpha value is -4.45. The molecule has 40 heavy (non-hydrogen) atoms. The molecule has 0 aliphatic rings. The molecule has 0 bridgehead atoms. The number of aryl methyl sites for hydroxylation is 1. The van der Waals surface area contributed by atoms with Crippen LogP contribution in [0, 0.1) is 0 Å². The van der Waals surface area contributed by atoms with Crippen molar-refractivity contribution in [1.29, 1.82) is 0 Å². The van der Waals surface area contributed by atoms with Crippen LogP contribution in [0.15, 0.2) is 48.9 Å². The average Bonchev–Trinajstić information content (AvgIpc) is 3.57. The summed E-state index contributed by atoms with van der Waals surface area (Å²) in [7, 11) is 0. The van der Waals surface area contributed by atoms with Gasteiger partial charge in [0, 0.05) is 54.2 Å². The van der Waals surface area contributed by atoms with E-state index < -0.39 is 11.7 Å². The van der Waals surface area contributed by atoms with Gasteiger partial charge in [0.1, 0.15) is 11.2 Å². The molecule has 0 unspecified atom stereocenters. The molecular weight excluding hydrogens is 512 g/mol. The van der Waals surface area contributed by atoms with E-state index >= 15 is 0 Å². The molecule has 0 fully saturated rings. The summed E-state index contributed by atoms with van der Waals surface area (Å²) in [5.74, 6) is 0.223. The number of ether oxygens (including phenoxy) is 2. The number of anilines is 2. The Labute approximate surface area is 232 Å². The van der Waals surface area contributed by atoms with Gasteiger partial charge >= 0.3 is 6.09 Å². The molecule has 0 atom stereocenters. The molecule has 0 radical (unpaired) electrons. The third kappa shape index (κ3) is 8.03. The zero-order chi connectivity index (χ0) is 28.5. The summed E-state index contributed by atoms with van der Waals surface area (Å²) >= 11 is 0. The highest BCUT2D eigenvalue weighted by Gasteiger charge is 2.16. The zero-order valence-corrected chi connectivity index (χ0v) is 23.3. The van der Waals surface area contributed by atoms with Crippen LogP contribution in [0.2, 0.25) is 0 Å². The lowest BCUT2D eigenvalue weighted by atomic mass is 10.2. The first-order valence-electron chi connectivity index (χ1n) is 13.3. The third-order valence-corrected chi connectivity index (χ3v) is 5.62. The summed E-state index contributed by atoms with van der Waals surface area (Å²) < 4.78 is 12.5.